The highest BCUT2D eigenvalue weighted by atomic mass is 16.3. The number of nitrogens with one attached hydrogen (secondary N) is 1. The molecular formula is C13H26N4O. The number of hydrogen-bond acceptors (Lipinski definition) is 4. The Morgan fingerprint density at radius 3 is 2.78 bits per heavy atom. The van der Waals surface area contributed by atoms with Crippen LogP contribution in [0.25, 0.3) is 0 Å². The Morgan fingerprint density at radius 2 is 2.17 bits per heavy atom. The van der Waals surface area contributed by atoms with Crippen molar-refractivity contribution in [2.24, 2.45) is 11.3 Å². The molecular weight excluding hydrogens is 228 g/mol. The minimum absolute atomic E-state index is 0.190. The van der Waals surface area contributed by atoms with Crippen molar-refractivity contribution in [1.29, 1.82) is 0 Å². The van der Waals surface area contributed by atoms with E-state index in [4.69, 9.17) is 5.11 Å². The lowest BCUT2D eigenvalue weighted by molar-refractivity contribution is 0.237. The van der Waals surface area contributed by atoms with Crippen molar-refractivity contribution in [1.82, 2.24) is 20.3 Å². The lowest BCUT2D eigenvalue weighted by atomic mass is 9.81. The average molecular weight is 254 g/mol. The van der Waals surface area contributed by atoms with Crippen molar-refractivity contribution in [3.05, 3.63) is 11.9 Å². The largest absolute Gasteiger partial charge is 0.396 e. The van der Waals surface area contributed by atoms with Gasteiger partial charge in [0.2, 0.25) is 0 Å². The molecule has 0 atom stereocenters. The van der Waals surface area contributed by atoms with E-state index < -0.39 is 0 Å². The summed E-state index contributed by atoms with van der Waals surface area (Å²) in [5.41, 5.74) is 1.24. The summed E-state index contributed by atoms with van der Waals surface area (Å²) in [7, 11) is 0. The van der Waals surface area contributed by atoms with Crippen LogP contribution in [0.2, 0.25) is 0 Å². The first-order chi connectivity index (χ1) is 8.45. The Kier molecular flexibility index (Phi) is 5.75. The Hall–Kier alpha value is -0.940. The van der Waals surface area contributed by atoms with E-state index in [1.165, 1.54) is 0 Å². The summed E-state index contributed by atoms with van der Waals surface area (Å²) in [5.74, 6) is 0.644. The maximum absolute atomic E-state index is 8.74. The molecule has 0 aliphatic rings. The Balaban J connectivity index is 2.33. The highest BCUT2D eigenvalue weighted by molar-refractivity contribution is 4.92. The van der Waals surface area contributed by atoms with Gasteiger partial charge >= 0.3 is 0 Å². The summed E-state index contributed by atoms with van der Waals surface area (Å²) in [6.07, 6.45) is 2.65. The number of rotatable bonds is 8. The minimum atomic E-state index is 0.190. The fourth-order valence-corrected chi connectivity index (χ4v) is 1.48. The highest BCUT2D eigenvalue weighted by Gasteiger charge is 2.21. The fraction of sp³-hybridized carbons (Fsp3) is 0.846. The molecule has 1 aromatic heterocycles. The van der Waals surface area contributed by atoms with Crippen molar-refractivity contribution >= 4 is 0 Å². The quantitative estimate of drug-likeness (QED) is 0.737. The lowest BCUT2D eigenvalue weighted by Gasteiger charge is -2.29. The number of aliphatic hydroxyl groups excluding tert-OH is 1. The fourth-order valence-electron chi connectivity index (χ4n) is 1.48. The zero-order valence-corrected chi connectivity index (χ0v) is 12.0. The van der Waals surface area contributed by atoms with Gasteiger partial charge in [0.15, 0.2) is 0 Å². The molecule has 1 heterocycles. The van der Waals surface area contributed by atoms with E-state index in [1.807, 2.05) is 6.20 Å². The summed E-state index contributed by atoms with van der Waals surface area (Å²) in [6, 6.07) is 0. The number of hydrogen-bond donors (Lipinski definition) is 2. The van der Waals surface area contributed by atoms with E-state index in [0.717, 1.165) is 31.7 Å². The van der Waals surface area contributed by atoms with Crippen molar-refractivity contribution in [2.75, 3.05) is 13.2 Å². The third kappa shape index (κ3) is 4.74. The molecule has 0 aromatic carbocycles. The number of nitrogens with zero attached hydrogens (tertiary/aromatic N) is 3. The van der Waals surface area contributed by atoms with Gasteiger partial charge in [-0.25, -0.2) is 0 Å². The molecule has 0 bridgehead atoms. The predicted octanol–water partition coefficient (Wildman–Crippen LogP) is 1.43. The smallest absolute Gasteiger partial charge is 0.0964 e. The normalized spacial score (nSPS) is 12.3. The molecule has 18 heavy (non-hydrogen) atoms. The van der Waals surface area contributed by atoms with Crippen LogP contribution in [0.4, 0.5) is 0 Å². The van der Waals surface area contributed by atoms with Crippen molar-refractivity contribution in [3.8, 4) is 0 Å². The number of aliphatic hydroxyl groups is 1. The monoisotopic (exact) mass is 254 g/mol. The third-order valence-electron chi connectivity index (χ3n) is 3.58. The second-order valence-corrected chi connectivity index (χ2v) is 5.80. The van der Waals surface area contributed by atoms with Gasteiger partial charge in [-0.2, -0.15) is 0 Å². The van der Waals surface area contributed by atoms with Crippen LogP contribution in [0.1, 0.15) is 39.8 Å². The van der Waals surface area contributed by atoms with Gasteiger partial charge in [0.05, 0.1) is 5.69 Å². The summed E-state index contributed by atoms with van der Waals surface area (Å²) in [4.78, 5) is 0. The zero-order chi connectivity index (χ0) is 13.6. The van der Waals surface area contributed by atoms with Crippen LogP contribution >= 0.6 is 0 Å². The molecule has 5 heteroatoms. The molecule has 0 saturated heterocycles. The van der Waals surface area contributed by atoms with Gasteiger partial charge < -0.3 is 10.4 Å². The maximum Gasteiger partial charge on any atom is 0.0964 e. The average Bonchev–Trinajstić information content (AvgIpc) is 2.74. The van der Waals surface area contributed by atoms with Crippen LogP contribution in [0.15, 0.2) is 6.20 Å². The molecule has 104 valence electrons. The summed E-state index contributed by atoms with van der Waals surface area (Å²) < 4.78 is 1.78. The zero-order valence-electron chi connectivity index (χ0n) is 12.0. The van der Waals surface area contributed by atoms with Gasteiger partial charge in [-0.3, -0.25) is 4.68 Å². The van der Waals surface area contributed by atoms with Gasteiger partial charge in [0.1, 0.15) is 0 Å². The standard InChI is InChI=1S/C13H26N4O/c1-11(2)13(3,4)10-14-8-12-9-17(16-15-12)6-5-7-18/h9,11,14,18H,5-8,10H2,1-4H3. The van der Waals surface area contributed by atoms with E-state index in [9.17, 15) is 0 Å². The van der Waals surface area contributed by atoms with E-state index in [-0.39, 0.29) is 12.0 Å². The molecule has 0 amide bonds. The molecule has 5 nitrogen and oxygen atoms in total. The van der Waals surface area contributed by atoms with Crippen LogP contribution in [-0.2, 0) is 13.1 Å². The first-order valence-electron chi connectivity index (χ1n) is 6.66. The molecule has 0 fully saturated rings. The van der Waals surface area contributed by atoms with Crippen LogP contribution in [0, 0.1) is 11.3 Å². The minimum Gasteiger partial charge on any atom is -0.396 e. The molecule has 0 saturated carbocycles. The Morgan fingerprint density at radius 1 is 1.44 bits per heavy atom. The van der Waals surface area contributed by atoms with Crippen LogP contribution < -0.4 is 5.32 Å². The first kappa shape index (κ1) is 15.1. The summed E-state index contributed by atoms with van der Waals surface area (Å²) in [5, 5.41) is 20.3. The van der Waals surface area contributed by atoms with Gasteiger partial charge in [0, 0.05) is 32.4 Å². The highest BCUT2D eigenvalue weighted by Crippen LogP contribution is 2.24. The summed E-state index contributed by atoms with van der Waals surface area (Å²) in [6.45, 7) is 11.6. The SMILES string of the molecule is CC(C)C(C)(C)CNCc1cn(CCCO)nn1. The predicted molar refractivity (Wildman–Crippen MR) is 72.1 cm³/mol. The van der Waals surface area contributed by atoms with Gasteiger partial charge in [-0.1, -0.05) is 32.9 Å². The van der Waals surface area contributed by atoms with Crippen molar-refractivity contribution in [2.45, 2.75) is 47.2 Å². The van der Waals surface area contributed by atoms with E-state index in [2.05, 4.69) is 43.3 Å². The molecule has 0 aliphatic carbocycles. The molecule has 0 aliphatic heterocycles. The van der Waals surface area contributed by atoms with E-state index in [0.29, 0.717) is 5.92 Å². The topological polar surface area (TPSA) is 63.0 Å². The van der Waals surface area contributed by atoms with E-state index in [1.54, 1.807) is 4.68 Å². The molecule has 2 N–H and O–H groups in total. The van der Waals surface area contributed by atoms with Gasteiger partial charge in [0.25, 0.3) is 0 Å². The van der Waals surface area contributed by atoms with E-state index >= 15 is 0 Å². The maximum atomic E-state index is 8.74. The second-order valence-electron chi connectivity index (χ2n) is 5.80. The molecule has 0 unspecified atom stereocenters. The van der Waals surface area contributed by atoms with Gasteiger partial charge in [-0.15, -0.1) is 5.10 Å². The van der Waals surface area contributed by atoms with Crippen LogP contribution in [0.5, 0.6) is 0 Å². The molecule has 0 spiro atoms. The van der Waals surface area contributed by atoms with Crippen molar-refractivity contribution in [3.63, 3.8) is 0 Å². The Labute approximate surface area is 110 Å². The number of aromatic nitrogens is 3. The van der Waals surface area contributed by atoms with Crippen LogP contribution in [0.3, 0.4) is 0 Å². The summed E-state index contributed by atoms with van der Waals surface area (Å²) >= 11 is 0. The van der Waals surface area contributed by atoms with Gasteiger partial charge in [-0.05, 0) is 17.8 Å². The van der Waals surface area contributed by atoms with Crippen molar-refractivity contribution < 1.29 is 5.11 Å². The Bertz CT molecular complexity index is 347. The lowest BCUT2D eigenvalue weighted by Crippen LogP contribution is -2.33. The first-order valence-corrected chi connectivity index (χ1v) is 6.66. The number of aryl methyl sites for hydroxylation is 1. The van der Waals surface area contributed by atoms with Crippen LogP contribution in [-0.4, -0.2) is 33.3 Å². The second kappa shape index (κ2) is 6.85. The molecule has 1 aromatic rings. The third-order valence-corrected chi connectivity index (χ3v) is 3.58. The molecule has 0 radical (unpaired) electrons. The molecule has 1 rings (SSSR count).